The van der Waals surface area contributed by atoms with Crippen LogP contribution < -0.4 is 19.5 Å². The van der Waals surface area contributed by atoms with Crippen LogP contribution >= 0.6 is 0 Å². The monoisotopic (exact) mass is 356 g/mol. The molecule has 6 heteroatoms. The molecular weight excluding hydrogens is 332 g/mol. The van der Waals surface area contributed by atoms with Crippen molar-refractivity contribution in [3.05, 3.63) is 54.1 Å². The maximum Gasteiger partial charge on any atom is 0.251 e. The molecule has 0 fully saturated rings. The highest BCUT2D eigenvalue weighted by Crippen LogP contribution is 2.30. The Morgan fingerprint density at radius 1 is 1.15 bits per heavy atom. The molecule has 6 nitrogen and oxygen atoms in total. The lowest BCUT2D eigenvalue weighted by atomic mass is 10.2. The van der Waals surface area contributed by atoms with Gasteiger partial charge in [-0.15, -0.1) is 0 Å². The number of nitrogens with one attached hydrogen (secondary N) is 1. The predicted octanol–water partition coefficient (Wildman–Crippen LogP) is 2.20. The number of ether oxygens (including phenoxy) is 3. The second-order valence-corrected chi connectivity index (χ2v) is 6.38. The number of amides is 1. The summed E-state index contributed by atoms with van der Waals surface area (Å²) >= 11 is 0. The fraction of sp³-hybridized carbons (Fsp3) is 0.350. The van der Waals surface area contributed by atoms with Crippen LogP contribution in [0.5, 0.6) is 17.2 Å². The zero-order valence-corrected chi connectivity index (χ0v) is 15.1. The van der Waals surface area contributed by atoms with Gasteiger partial charge in [0, 0.05) is 12.1 Å². The van der Waals surface area contributed by atoms with Gasteiger partial charge in [0.15, 0.2) is 11.5 Å². The van der Waals surface area contributed by atoms with Gasteiger partial charge in [-0.25, -0.2) is 0 Å². The third-order valence-electron chi connectivity index (χ3n) is 3.98. The number of likely N-dealkylation sites (N-methyl/N-ethyl adjacent to an activating group) is 1. The topological polar surface area (TPSA) is 60.0 Å². The molecule has 1 aliphatic rings. The van der Waals surface area contributed by atoms with Crippen LogP contribution in [0, 0.1) is 0 Å². The summed E-state index contributed by atoms with van der Waals surface area (Å²) in [6.45, 7) is 2.25. The summed E-state index contributed by atoms with van der Waals surface area (Å²) in [6, 6.07) is 14.7. The molecule has 1 atom stereocenters. The van der Waals surface area contributed by atoms with Gasteiger partial charge < -0.3 is 24.4 Å². The number of para-hydroxylation sites is 2. The van der Waals surface area contributed by atoms with E-state index in [1.54, 1.807) is 24.3 Å². The van der Waals surface area contributed by atoms with Gasteiger partial charge in [-0.2, -0.15) is 0 Å². The number of nitrogens with zero attached hydrogens (tertiary/aromatic N) is 1. The molecule has 2 aromatic carbocycles. The summed E-state index contributed by atoms with van der Waals surface area (Å²) in [5.41, 5.74) is 0.585. The van der Waals surface area contributed by atoms with Crippen LogP contribution in [0.2, 0.25) is 0 Å². The van der Waals surface area contributed by atoms with Crippen molar-refractivity contribution in [3.63, 3.8) is 0 Å². The fourth-order valence-corrected chi connectivity index (χ4v) is 2.52. The summed E-state index contributed by atoms with van der Waals surface area (Å²) in [5.74, 6) is 2.05. The number of hydrogen-bond acceptors (Lipinski definition) is 5. The maximum absolute atomic E-state index is 12.3. The highest BCUT2D eigenvalue weighted by Gasteiger charge is 2.21. The average molecular weight is 356 g/mol. The van der Waals surface area contributed by atoms with Crippen LogP contribution in [0.3, 0.4) is 0 Å². The normalized spacial score (nSPS) is 15.6. The first-order chi connectivity index (χ1) is 12.6. The van der Waals surface area contributed by atoms with E-state index >= 15 is 0 Å². The number of hydrogen-bond donors (Lipinski definition) is 1. The Morgan fingerprint density at radius 3 is 2.62 bits per heavy atom. The van der Waals surface area contributed by atoms with Crippen molar-refractivity contribution in [2.45, 2.75) is 6.10 Å². The third kappa shape index (κ3) is 4.89. The molecule has 1 heterocycles. The molecule has 0 spiro atoms. The molecule has 0 radical (unpaired) electrons. The summed E-state index contributed by atoms with van der Waals surface area (Å²) in [7, 11) is 3.99. The molecule has 1 aliphatic heterocycles. The van der Waals surface area contributed by atoms with Gasteiger partial charge in [0.1, 0.15) is 25.1 Å². The van der Waals surface area contributed by atoms with Crippen molar-refractivity contribution in [2.24, 2.45) is 0 Å². The Labute approximate surface area is 153 Å². The minimum absolute atomic E-state index is 0.146. The molecule has 0 bridgehead atoms. The van der Waals surface area contributed by atoms with Crippen LogP contribution in [0.15, 0.2) is 48.5 Å². The van der Waals surface area contributed by atoms with E-state index in [2.05, 4.69) is 10.2 Å². The van der Waals surface area contributed by atoms with Crippen molar-refractivity contribution in [2.75, 3.05) is 40.4 Å². The Hall–Kier alpha value is -2.73. The second kappa shape index (κ2) is 8.58. The maximum atomic E-state index is 12.3. The lowest BCUT2D eigenvalue weighted by molar-refractivity contribution is 0.0789. The first kappa shape index (κ1) is 18.1. The Balaban J connectivity index is 1.46. The number of benzene rings is 2. The van der Waals surface area contributed by atoms with Crippen LogP contribution in [0.1, 0.15) is 10.4 Å². The highest BCUT2D eigenvalue weighted by molar-refractivity contribution is 5.94. The van der Waals surface area contributed by atoms with E-state index in [-0.39, 0.29) is 12.0 Å². The van der Waals surface area contributed by atoms with Crippen molar-refractivity contribution in [3.8, 4) is 17.2 Å². The van der Waals surface area contributed by atoms with Crippen LogP contribution in [-0.2, 0) is 0 Å². The van der Waals surface area contributed by atoms with Gasteiger partial charge in [0.25, 0.3) is 5.91 Å². The summed E-state index contributed by atoms with van der Waals surface area (Å²) in [4.78, 5) is 14.3. The average Bonchev–Trinajstić information content (AvgIpc) is 2.66. The molecule has 0 aliphatic carbocycles. The molecule has 1 amide bonds. The highest BCUT2D eigenvalue weighted by atomic mass is 16.6. The Morgan fingerprint density at radius 2 is 1.88 bits per heavy atom. The Bertz CT molecular complexity index is 731. The summed E-state index contributed by atoms with van der Waals surface area (Å²) < 4.78 is 17.1. The van der Waals surface area contributed by atoms with Crippen molar-refractivity contribution >= 4 is 5.91 Å². The largest absolute Gasteiger partial charge is 0.492 e. The van der Waals surface area contributed by atoms with Gasteiger partial charge in [-0.1, -0.05) is 12.1 Å². The summed E-state index contributed by atoms with van der Waals surface area (Å²) in [5, 5.41) is 2.89. The molecule has 0 saturated heterocycles. The molecule has 26 heavy (non-hydrogen) atoms. The lowest BCUT2D eigenvalue weighted by Gasteiger charge is -2.26. The lowest BCUT2D eigenvalue weighted by Crippen LogP contribution is -2.40. The van der Waals surface area contributed by atoms with Crippen molar-refractivity contribution < 1.29 is 19.0 Å². The van der Waals surface area contributed by atoms with E-state index in [9.17, 15) is 4.79 Å². The molecule has 1 N–H and O–H groups in total. The van der Waals surface area contributed by atoms with E-state index < -0.39 is 0 Å². The molecule has 138 valence electrons. The van der Waals surface area contributed by atoms with Gasteiger partial charge in [0.2, 0.25) is 0 Å². The SMILES string of the molecule is CN(C)CCOc1ccc(C(=O)NC[C@@H]2COc3ccccc3O2)cc1. The summed E-state index contributed by atoms with van der Waals surface area (Å²) in [6.07, 6.45) is -0.206. The van der Waals surface area contributed by atoms with Crippen LogP contribution in [-0.4, -0.2) is 57.3 Å². The molecule has 3 rings (SSSR count). The number of carbonyl (C=O) groups is 1. The number of carbonyl (C=O) groups excluding carboxylic acids is 1. The van der Waals surface area contributed by atoms with Gasteiger partial charge >= 0.3 is 0 Å². The molecule has 0 unspecified atom stereocenters. The van der Waals surface area contributed by atoms with Crippen LogP contribution in [0.25, 0.3) is 0 Å². The standard InChI is InChI=1S/C20H24N2O4/c1-22(2)11-12-24-16-9-7-15(8-10-16)20(23)21-13-17-14-25-18-5-3-4-6-19(18)26-17/h3-10,17H,11-14H2,1-2H3,(H,21,23)/t17-/m1/s1. The van der Waals surface area contributed by atoms with Crippen molar-refractivity contribution in [1.82, 2.24) is 10.2 Å². The van der Waals surface area contributed by atoms with Gasteiger partial charge in [-0.05, 0) is 50.5 Å². The number of fused-ring (bicyclic) bond motifs is 1. The van der Waals surface area contributed by atoms with E-state index in [0.717, 1.165) is 18.0 Å². The fourth-order valence-electron chi connectivity index (χ4n) is 2.52. The smallest absolute Gasteiger partial charge is 0.251 e. The van der Waals surface area contributed by atoms with Crippen LogP contribution in [0.4, 0.5) is 0 Å². The molecule has 0 saturated carbocycles. The quantitative estimate of drug-likeness (QED) is 0.824. The van der Waals surface area contributed by atoms with E-state index in [4.69, 9.17) is 14.2 Å². The zero-order chi connectivity index (χ0) is 18.4. The third-order valence-corrected chi connectivity index (χ3v) is 3.98. The van der Waals surface area contributed by atoms with Crippen molar-refractivity contribution in [1.29, 1.82) is 0 Å². The minimum Gasteiger partial charge on any atom is -0.492 e. The predicted molar refractivity (Wildman–Crippen MR) is 99.2 cm³/mol. The van der Waals surface area contributed by atoms with E-state index in [1.165, 1.54) is 0 Å². The minimum atomic E-state index is -0.206. The van der Waals surface area contributed by atoms with Gasteiger partial charge in [0.05, 0.1) is 6.54 Å². The molecule has 0 aromatic heterocycles. The Kier molecular flexibility index (Phi) is 5.96. The van der Waals surface area contributed by atoms with E-state index in [0.29, 0.717) is 31.1 Å². The second-order valence-electron chi connectivity index (χ2n) is 6.38. The van der Waals surface area contributed by atoms with E-state index in [1.807, 2.05) is 38.4 Å². The molecular formula is C20H24N2O4. The molecule has 2 aromatic rings. The first-order valence-electron chi connectivity index (χ1n) is 8.66. The van der Waals surface area contributed by atoms with Gasteiger partial charge in [-0.3, -0.25) is 4.79 Å². The first-order valence-corrected chi connectivity index (χ1v) is 8.66. The zero-order valence-electron chi connectivity index (χ0n) is 15.1. The number of rotatable bonds is 7.